The Morgan fingerprint density at radius 3 is 2.33 bits per heavy atom. The van der Waals surface area contributed by atoms with Crippen LogP contribution in [-0.2, 0) is 19.2 Å². The molecule has 2 aromatic rings. The van der Waals surface area contributed by atoms with Crippen LogP contribution in [0.3, 0.4) is 0 Å². The predicted octanol–water partition coefficient (Wildman–Crippen LogP) is 5.38. The van der Waals surface area contributed by atoms with Gasteiger partial charge in [0.05, 0.1) is 23.0 Å². The van der Waals surface area contributed by atoms with Crippen LogP contribution in [0.5, 0.6) is 5.75 Å². The zero-order chi connectivity index (χ0) is 28.0. The van der Waals surface area contributed by atoms with E-state index in [1.165, 1.54) is 11.0 Å². The van der Waals surface area contributed by atoms with Gasteiger partial charge in [0.25, 0.3) is 11.8 Å². The number of phenolic OH excluding ortho intramolecular Hbond substituents is 1. The first-order valence-electron chi connectivity index (χ1n) is 12.4. The normalized spacial score (nSPS) is 33.7. The van der Waals surface area contributed by atoms with Crippen LogP contribution >= 0.6 is 55.1 Å². The molecule has 0 spiro atoms. The molecule has 202 valence electrons. The van der Waals surface area contributed by atoms with Crippen molar-refractivity contribution in [1.82, 2.24) is 4.90 Å². The van der Waals surface area contributed by atoms with E-state index in [0.717, 1.165) is 9.37 Å². The van der Waals surface area contributed by atoms with E-state index in [1.807, 2.05) is 6.08 Å². The molecule has 7 nitrogen and oxygen atoms in total. The van der Waals surface area contributed by atoms with E-state index in [0.29, 0.717) is 22.4 Å². The van der Waals surface area contributed by atoms with Crippen molar-refractivity contribution in [2.24, 2.45) is 17.8 Å². The molecule has 0 unspecified atom stereocenters. The summed E-state index contributed by atoms with van der Waals surface area (Å²) in [5.74, 6) is -4.70. The van der Waals surface area contributed by atoms with Gasteiger partial charge in [-0.25, -0.2) is 0 Å². The number of anilines is 1. The SMILES string of the molecule is Cc1cc([C@H]2C3=CC[C@@H]4C(=O)N(c5ccc(Br)cc5)C(=O)[C@@H]4[C@@H]3C[C@@]3(Cl)C(=O)N(CBr)C(=O)[C@@]23Cl)ccc1O. The van der Waals surface area contributed by atoms with Crippen molar-refractivity contribution < 1.29 is 24.3 Å². The molecule has 4 amide bonds. The van der Waals surface area contributed by atoms with Crippen LogP contribution in [0.4, 0.5) is 5.69 Å². The minimum atomic E-state index is -1.87. The molecule has 2 aliphatic heterocycles. The molecule has 6 atom stereocenters. The van der Waals surface area contributed by atoms with Gasteiger partial charge >= 0.3 is 0 Å². The van der Waals surface area contributed by atoms with E-state index in [4.69, 9.17) is 23.2 Å². The molecule has 1 saturated carbocycles. The summed E-state index contributed by atoms with van der Waals surface area (Å²) in [7, 11) is 0. The Hall–Kier alpha value is -2.20. The third-order valence-corrected chi connectivity index (χ3v) is 11.1. The number of aromatic hydroxyl groups is 1. The topological polar surface area (TPSA) is 95.0 Å². The number of halogens is 4. The Balaban J connectivity index is 1.52. The second-order valence-electron chi connectivity index (χ2n) is 10.5. The highest BCUT2D eigenvalue weighted by atomic mass is 79.9. The standard InChI is InChI=1S/C28H22Br2Cl2N2O5/c1-13-10-14(2-9-20(13)35)22-17-7-8-18-21(24(37)34(23(18)36)16-5-3-15(30)4-6-16)19(17)11-27(31)25(38)33(12-29)26(39)28(22,27)32/h2-7,9-10,18-19,21-22,35H,8,11-12H2,1H3/t18-,19+,21-,22-,27+,28-/m0/s1. The van der Waals surface area contributed by atoms with Gasteiger partial charge in [-0.05, 0) is 67.1 Å². The quantitative estimate of drug-likeness (QED) is 0.201. The van der Waals surface area contributed by atoms with Crippen LogP contribution in [0.2, 0.25) is 0 Å². The van der Waals surface area contributed by atoms with E-state index < -0.39 is 45.2 Å². The Kier molecular flexibility index (Phi) is 6.34. The molecule has 0 aromatic heterocycles. The van der Waals surface area contributed by atoms with Gasteiger partial charge in [0, 0.05) is 10.4 Å². The molecule has 0 bridgehead atoms. The number of aryl methyl sites for hydroxylation is 1. The number of alkyl halides is 3. The Labute approximate surface area is 251 Å². The van der Waals surface area contributed by atoms with Gasteiger partial charge in [-0.3, -0.25) is 29.0 Å². The molecule has 2 heterocycles. The van der Waals surface area contributed by atoms with Crippen molar-refractivity contribution >= 4 is 84.4 Å². The number of rotatable bonds is 3. The largest absolute Gasteiger partial charge is 0.508 e. The Morgan fingerprint density at radius 2 is 1.69 bits per heavy atom. The molecule has 2 saturated heterocycles. The lowest BCUT2D eigenvalue weighted by Crippen LogP contribution is -2.60. The van der Waals surface area contributed by atoms with E-state index in [-0.39, 0.29) is 35.9 Å². The molecule has 6 rings (SSSR count). The fraction of sp³-hybridized carbons (Fsp3) is 0.357. The van der Waals surface area contributed by atoms with Crippen LogP contribution in [-0.4, -0.2) is 48.8 Å². The van der Waals surface area contributed by atoms with Crippen LogP contribution in [0.1, 0.15) is 29.9 Å². The number of hydrogen-bond donors (Lipinski definition) is 1. The lowest BCUT2D eigenvalue weighted by atomic mass is 9.56. The first kappa shape index (κ1) is 27.0. The average Bonchev–Trinajstić information content (AvgIpc) is 3.24. The Bertz CT molecular complexity index is 1500. The molecule has 2 aromatic carbocycles. The predicted molar refractivity (Wildman–Crippen MR) is 153 cm³/mol. The van der Waals surface area contributed by atoms with Crippen molar-refractivity contribution in [2.45, 2.75) is 35.4 Å². The molecule has 4 aliphatic rings. The van der Waals surface area contributed by atoms with Crippen LogP contribution in [0.15, 0.2) is 58.6 Å². The number of imide groups is 2. The number of fused-ring (bicyclic) bond motifs is 4. The molecule has 1 N–H and O–H groups in total. The maximum atomic E-state index is 14.0. The second-order valence-corrected chi connectivity index (χ2v) is 13.2. The summed E-state index contributed by atoms with van der Waals surface area (Å²) in [6.07, 6.45) is 2.11. The van der Waals surface area contributed by atoms with E-state index in [1.54, 1.807) is 43.3 Å². The second kappa shape index (κ2) is 9.16. The summed E-state index contributed by atoms with van der Waals surface area (Å²) in [6.45, 7) is 1.72. The molecule has 3 fully saturated rings. The highest BCUT2D eigenvalue weighted by molar-refractivity contribution is 9.10. The lowest BCUT2D eigenvalue weighted by Gasteiger charge is -2.50. The first-order chi connectivity index (χ1) is 18.5. The van der Waals surface area contributed by atoms with Crippen molar-refractivity contribution in [2.75, 3.05) is 10.4 Å². The van der Waals surface area contributed by atoms with Gasteiger partial charge < -0.3 is 5.11 Å². The maximum absolute atomic E-state index is 14.0. The monoisotopic (exact) mass is 694 g/mol. The number of benzene rings is 2. The summed E-state index contributed by atoms with van der Waals surface area (Å²) < 4.78 is 0.814. The minimum Gasteiger partial charge on any atom is -0.508 e. The third kappa shape index (κ3) is 3.52. The molecule has 0 radical (unpaired) electrons. The summed E-state index contributed by atoms with van der Waals surface area (Å²) >= 11 is 21.0. The maximum Gasteiger partial charge on any atom is 0.254 e. The number of likely N-dealkylation sites (tertiary alicyclic amines) is 1. The summed E-state index contributed by atoms with van der Waals surface area (Å²) in [5, 5.41) is 10.2. The van der Waals surface area contributed by atoms with Gasteiger partial charge in [0.2, 0.25) is 11.8 Å². The van der Waals surface area contributed by atoms with Crippen LogP contribution in [0.25, 0.3) is 0 Å². The van der Waals surface area contributed by atoms with E-state index in [9.17, 15) is 24.3 Å². The highest BCUT2D eigenvalue weighted by Gasteiger charge is 2.76. The fourth-order valence-corrected chi connectivity index (χ4v) is 8.52. The molecular formula is C28H22Br2Cl2N2O5. The molecule has 2 aliphatic carbocycles. The highest BCUT2D eigenvalue weighted by Crippen LogP contribution is 2.65. The zero-order valence-corrected chi connectivity index (χ0v) is 25.2. The van der Waals surface area contributed by atoms with Gasteiger partial charge in [0.15, 0.2) is 9.75 Å². The van der Waals surface area contributed by atoms with Crippen molar-refractivity contribution in [3.05, 3.63) is 69.7 Å². The summed E-state index contributed by atoms with van der Waals surface area (Å²) in [4.78, 5) is 53.5. The van der Waals surface area contributed by atoms with Gasteiger partial charge in [-0.15, -0.1) is 23.2 Å². The Morgan fingerprint density at radius 1 is 1.00 bits per heavy atom. The van der Waals surface area contributed by atoms with E-state index in [2.05, 4.69) is 31.9 Å². The number of allylic oxidation sites excluding steroid dienone is 2. The van der Waals surface area contributed by atoms with Crippen molar-refractivity contribution in [3.63, 3.8) is 0 Å². The third-order valence-electron chi connectivity index (χ3n) is 8.65. The number of nitrogens with zero attached hydrogens (tertiary/aromatic N) is 2. The number of carbonyl (C=O) groups excluding carboxylic acids is 4. The number of amides is 4. The number of hydrogen-bond acceptors (Lipinski definition) is 5. The zero-order valence-electron chi connectivity index (χ0n) is 20.5. The van der Waals surface area contributed by atoms with Crippen molar-refractivity contribution in [3.8, 4) is 5.75 Å². The van der Waals surface area contributed by atoms with Gasteiger partial charge in [-0.2, -0.15) is 0 Å². The summed E-state index contributed by atoms with van der Waals surface area (Å²) in [6, 6.07) is 11.8. The van der Waals surface area contributed by atoms with Crippen LogP contribution in [0, 0.1) is 24.7 Å². The van der Waals surface area contributed by atoms with Gasteiger partial charge in [0.1, 0.15) is 5.75 Å². The van der Waals surface area contributed by atoms with Crippen molar-refractivity contribution in [1.29, 1.82) is 0 Å². The number of phenols is 1. The number of carbonyl (C=O) groups is 4. The average molecular weight is 697 g/mol. The lowest BCUT2D eigenvalue weighted by molar-refractivity contribution is -0.138. The molecule has 11 heteroatoms. The molecule has 39 heavy (non-hydrogen) atoms. The minimum absolute atomic E-state index is 0.0696. The first-order valence-corrected chi connectivity index (χ1v) is 15.1. The fourth-order valence-electron chi connectivity index (χ4n) is 6.83. The summed E-state index contributed by atoms with van der Waals surface area (Å²) in [5.41, 5.74) is 2.25. The van der Waals surface area contributed by atoms with Crippen LogP contribution < -0.4 is 4.90 Å². The molecular weight excluding hydrogens is 675 g/mol. The smallest absolute Gasteiger partial charge is 0.254 e. The van der Waals surface area contributed by atoms with E-state index >= 15 is 0 Å². The van der Waals surface area contributed by atoms with Gasteiger partial charge in [-0.1, -0.05) is 55.6 Å².